The van der Waals surface area contributed by atoms with Crippen molar-refractivity contribution in [1.82, 2.24) is 29.9 Å². The average Bonchev–Trinajstić information content (AvgIpc) is 3.51. The zero-order valence-electron chi connectivity index (χ0n) is 19.3. The number of hydrogen-bond donors (Lipinski definition) is 1. The van der Waals surface area contributed by atoms with Crippen LogP contribution >= 0.6 is 23.2 Å². The largest absolute Gasteiger partial charge is 0.464 e. The van der Waals surface area contributed by atoms with Crippen LogP contribution in [0.2, 0.25) is 10.2 Å². The quantitative estimate of drug-likeness (QED) is 0.359. The van der Waals surface area contributed by atoms with Gasteiger partial charge in [0.2, 0.25) is 5.91 Å². The minimum Gasteiger partial charge on any atom is -0.464 e. The van der Waals surface area contributed by atoms with Crippen LogP contribution in [0.25, 0.3) is 16.9 Å². The second kappa shape index (κ2) is 10.5. The van der Waals surface area contributed by atoms with Gasteiger partial charge in [-0.15, -0.1) is 5.10 Å². The number of carbonyl (C=O) groups is 2. The summed E-state index contributed by atoms with van der Waals surface area (Å²) in [5.74, 6) is -0.973. The molecule has 2 aromatic carbocycles. The molecule has 1 N–H and O–H groups in total. The topological polar surface area (TPSA) is 121 Å². The molecule has 10 nitrogen and oxygen atoms in total. The molecule has 12 heteroatoms. The number of benzene rings is 2. The van der Waals surface area contributed by atoms with Crippen LogP contribution in [-0.4, -0.2) is 49.1 Å². The molecule has 1 unspecified atom stereocenters. The molecule has 1 aliphatic heterocycles. The predicted molar refractivity (Wildman–Crippen MR) is 136 cm³/mol. The Labute approximate surface area is 220 Å². The predicted octanol–water partition coefficient (Wildman–Crippen LogP) is 3.01. The number of hydrogen-bond acceptors (Lipinski definition) is 7. The number of rotatable bonds is 7. The number of ether oxygens (including phenoxy) is 1. The lowest BCUT2D eigenvalue weighted by Crippen LogP contribution is -2.44. The first-order valence-electron chi connectivity index (χ1n) is 11.4. The van der Waals surface area contributed by atoms with Crippen LogP contribution in [0, 0.1) is 0 Å². The third-order valence-electron chi connectivity index (χ3n) is 5.94. The monoisotopic (exact) mass is 538 g/mol. The summed E-state index contributed by atoms with van der Waals surface area (Å²) >= 11 is 12.2. The molecule has 3 heterocycles. The van der Waals surface area contributed by atoms with Crippen molar-refractivity contribution in [3.63, 3.8) is 0 Å². The standard InChI is InChI=1S/C25H20Cl2N6O4/c26-16-6-7-20(33-13-22(27)30-31-33)17(11-16)19-12-23(34)32(14-28-19)21(10-15-4-2-1-3-5-15)24(35)29-18-8-9-37-25(18)36/h1-7,11-14,18,21H,8-10H2,(H,29,35)/t18-,21?/m0/s1. The van der Waals surface area contributed by atoms with Crippen LogP contribution in [0.4, 0.5) is 0 Å². The molecule has 0 saturated carbocycles. The molecule has 2 aromatic heterocycles. The van der Waals surface area contributed by atoms with E-state index in [4.69, 9.17) is 27.9 Å². The van der Waals surface area contributed by atoms with Gasteiger partial charge in [0.05, 0.1) is 30.5 Å². The Morgan fingerprint density at radius 3 is 2.62 bits per heavy atom. The summed E-state index contributed by atoms with van der Waals surface area (Å²) in [6.45, 7) is 0.238. The van der Waals surface area contributed by atoms with Crippen molar-refractivity contribution in [2.75, 3.05) is 6.61 Å². The first-order chi connectivity index (χ1) is 17.9. The van der Waals surface area contributed by atoms with Gasteiger partial charge in [-0.3, -0.25) is 14.2 Å². The van der Waals surface area contributed by atoms with E-state index >= 15 is 0 Å². The Bertz CT molecular complexity index is 1520. The molecule has 188 valence electrons. The van der Waals surface area contributed by atoms with Crippen LogP contribution in [0.5, 0.6) is 0 Å². The zero-order chi connectivity index (χ0) is 25.9. The number of nitrogens with zero attached hydrogens (tertiary/aromatic N) is 5. The molecular formula is C25H20Cl2N6O4. The smallest absolute Gasteiger partial charge is 0.328 e. The molecular weight excluding hydrogens is 519 g/mol. The Morgan fingerprint density at radius 1 is 1.14 bits per heavy atom. The van der Waals surface area contributed by atoms with Gasteiger partial charge in [0.1, 0.15) is 12.1 Å². The molecule has 1 saturated heterocycles. The summed E-state index contributed by atoms with van der Waals surface area (Å²) in [6, 6.07) is 13.9. The zero-order valence-corrected chi connectivity index (χ0v) is 20.8. The van der Waals surface area contributed by atoms with Crippen LogP contribution in [-0.2, 0) is 20.7 Å². The van der Waals surface area contributed by atoms with E-state index in [2.05, 4.69) is 20.6 Å². The highest BCUT2D eigenvalue weighted by Crippen LogP contribution is 2.28. The van der Waals surface area contributed by atoms with Crippen molar-refractivity contribution in [1.29, 1.82) is 0 Å². The van der Waals surface area contributed by atoms with Gasteiger partial charge in [0.25, 0.3) is 5.56 Å². The summed E-state index contributed by atoms with van der Waals surface area (Å²) < 4.78 is 7.66. The van der Waals surface area contributed by atoms with E-state index in [-0.39, 0.29) is 18.2 Å². The van der Waals surface area contributed by atoms with Crippen LogP contribution in [0.3, 0.4) is 0 Å². The van der Waals surface area contributed by atoms with Crippen molar-refractivity contribution in [3.05, 3.63) is 93.2 Å². The maximum Gasteiger partial charge on any atom is 0.328 e. The van der Waals surface area contributed by atoms with Gasteiger partial charge in [-0.2, -0.15) is 0 Å². The van der Waals surface area contributed by atoms with Crippen LogP contribution in [0.15, 0.2) is 71.9 Å². The van der Waals surface area contributed by atoms with Gasteiger partial charge in [-0.1, -0.05) is 58.7 Å². The lowest BCUT2D eigenvalue weighted by atomic mass is 10.0. The number of esters is 1. The van der Waals surface area contributed by atoms with E-state index in [1.54, 1.807) is 18.2 Å². The van der Waals surface area contributed by atoms with E-state index in [0.717, 1.165) is 5.56 Å². The van der Waals surface area contributed by atoms with E-state index in [1.165, 1.54) is 27.8 Å². The fourth-order valence-corrected chi connectivity index (χ4v) is 4.41. The second-order valence-corrected chi connectivity index (χ2v) is 9.21. The third kappa shape index (κ3) is 5.40. The molecule has 37 heavy (non-hydrogen) atoms. The number of amides is 1. The third-order valence-corrected chi connectivity index (χ3v) is 6.35. The van der Waals surface area contributed by atoms with E-state index in [1.807, 2.05) is 30.3 Å². The number of aromatic nitrogens is 5. The van der Waals surface area contributed by atoms with Gasteiger partial charge in [0, 0.05) is 29.5 Å². The first-order valence-corrected chi connectivity index (χ1v) is 12.1. The highest BCUT2D eigenvalue weighted by Gasteiger charge is 2.32. The molecule has 1 aliphatic rings. The highest BCUT2D eigenvalue weighted by molar-refractivity contribution is 6.31. The Hall–Kier alpha value is -4.02. The molecule has 0 radical (unpaired) electrons. The van der Waals surface area contributed by atoms with Crippen molar-refractivity contribution in [3.8, 4) is 16.9 Å². The van der Waals surface area contributed by atoms with E-state index in [0.29, 0.717) is 28.4 Å². The molecule has 0 spiro atoms. The summed E-state index contributed by atoms with van der Waals surface area (Å²) in [6.07, 6.45) is 3.43. The van der Waals surface area contributed by atoms with Crippen molar-refractivity contribution >= 4 is 35.1 Å². The highest BCUT2D eigenvalue weighted by atomic mass is 35.5. The lowest BCUT2D eigenvalue weighted by Gasteiger charge is -2.21. The Kier molecular flexibility index (Phi) is 7.02. The van der Waals surface area contributed by atoms with Crippen molar-refractivity contribution in [2.24, 2.45) is 0 Å². The van der Waals surface area contributed by atoms with Gasteiger partial charge in [0.15, 0.2) is 5.15 Å². The summed E-state index contributed by atoms with van der Waals surface area (Å²) in [7, 11) is 0. The molecule has 5 rings (SSSR count). The first kappa shape index (κ1) is 24.7. The molecule has 0 bridgehead atoms. The van der Waals surface area contributed by atoms with Crippen LogP contribution in [0.1, 0.15) is 18.0 Å². The number of cyclic esters (lactones) is 1. The minimum absolute atomic E-state index is 0.199. The normalized spacial score (nSPS) is 15.8. The molecule has 0 aliphatic carbocycles. The van der Waals surface area contributed by atoms with E-state index < -0.39 is 29.5 Å². The summed E-state index contributed by atoms with van der Waals surface area (Å²) in [5, 5.41) is 11.1. The fourth-order valence-electron chi connectivity index (χ4n) is 4.12. The van der Waals surface area contributed by atoms with Gasteiger partial charge < -0.3 is 10.1 Å². The maximum absolute atomic E-state index is 13.4. The molecule has 1 fully saturated rings. The van der Waals surface area contributed by atoms with Crippen molar-refractivity contribution < 1.29 is 14.3 Å². The number of nitrogens with one attached hydrogen (secondary N) is 1. The summed E-state index contributed by atoms with van der Waals surface area (Å²) in [4.78, 5) is 43.0. The number of carbonyl (C=O) groups excluding carboxylic acids is 2. The number of halogens is 2. The lowest BCUT2D eigenvalue weighted by molar-refractivity contribution is -0.141. The minimum atomic E-state index is -0.946. The van der Waals surface area contributed by atoms with Gasteiger partial charge >= 0.3 is 5.97 Å². The van der Waals surface area contributed by atoms with Gasteiger partial charge in [-0.05, 0) is 23.8 Å². The van der Waals surface area contributed by atoms with E-state index in [9.17, 15) is 14.4 Å². The molecule has 1 amide bonds. The van der Waals surface area contributed by atoms with Gasteiger partial charge in [-0.25, -0.2) is 14.5 Å². The maximum atomic E-state index is 13.4. The fraction of sp³-hybridized carbons (Fsp3) is 0.200. The van der Waals surface area contributed by atoms with Crippen molar-refractivity contribution in [2.45, 2.75) is 24.9 Å². The Morgan fingerprint density at radius 2 is 1.95 bits per heavy atom. The summed E-state index contributed by atoms with van der Waals surface area (Å²) in [5.41, 5.74) is 1.79. The molecule has 2 atom stereocenters. The van der Waals surface area contributed by atoms with Crippen LogP contribution < -0.4 is 10.9 Å². The molecule has 4 aromatic rings. The Balaban J connectivity index is 1.52. The SMILES string of the molecule is O=C(N[C@H]1CCOC1=O)C(Cc1ccccc1)n1cnc(-c2cc(Cl)ccc2-n2cc(Cl)nn2)cc1=O. The average molecular weight is 539 g/mol. The second-order valence-electron chi connectivity index (χ2n) is 8.39.